The van der Waals surface area contributed by atoms with Crippen LogP contribution in [0.3, 0.4) is 0 Å². The summed E-state index contributed by atoms with van der Waals surface area (Å²) < 4.78 is 0. The lowest BCUT2D eigenvalue weighted by molar-refractivity contribution is 1.51. The standard InChI is InChI=1S/CH3Cl.CH4N2S/c1-2;2-1(3)4/h1H3;(H4,2,3,4). The summed E-state index contributed by atoms with van der Waals surface area (Å²) in [5, 5.41) is 6.00. The Balaban J connectivity index is 0. The number of rotatable bonds is 0. The van der Waals surface area contributed by atoms with Gasteiger partial charge in [-0.1, -0.05) is 0 Å². The van der Waals surface area contributed by atoms with E-state index in [2.05, 4.69) is 30.0 Å². The molecule has 0 fully saturated rings. The summed E-state index contributed by atoms with van der Waals surface area (Å²) >= 11 is 7.97. The van der Waals surface area contributed by atoms with Crippen LogP contribution in [0.1, 0.15) is 0 Å². The summed E-state index contributed by atoms with van der Waals surface area (Å²) in [5.41, 5.74) is 4.56. The Morgan fingerprint density at radius 2 is 1.83 bits per heavy atom. The van der Waals surface area contributed by atoms with E-state index in [0.717, 1.165) is 0 Å². The Labute approximate surface area is 47.6 Å². The minimum Gasteiger partial charge on any atom is -0.379 e. The maximum absolute atomic E-state index is 6.14. The van der Waals surface area contributed by atoms with E-state index in [0.29, 0.717) is 0 Å². The fraction of sp³-hybridized carbons (Fsp3) is 0.500. The maximum Gasteiger partial charge on any atom is 0.147 e. The molecule has 0 rings (SSSR count). The first-order valence-electron chi connectivity index (χ1n) is 1.14. The summed E-state index contributed by atoms with van der Waals surface area (Å²) in [5.74, 6) is 0. The Bertz CT molecular complexity index is 34.5. The van der Waals surface area contributed by atoms with E-state index in [1.807, 2.05) is 0 Å². The molecule has 0 aliphatic rings. The van der Waals surface area contributed by atoms with Crippen molar-refractivity contribution in [2.75, 3.05) is 6.38 Å². The van der Waals surface area contributed by atoms with Gasteiger partial charge in [-0.25, -0.2) is 0 Å². The molecule has 0 amide bonds. The highest BCUT2D eigenvalue weighted by Gasteiger charge is 1.55. The average molecular weight is 127 g/mol. The van der Waals surface area contributed by atoms with Crippen molar-refractivity contribution in [3.63, 3.8) is 0 Å². The third-order valence-electron chi connectivity index (χ3n) is 0. The second-order valence-electron chi connectivity index (χ2n) is 0.385. The van der Waals surface area contributed by atoms with Crippen molar-refractivity contribution in [3.05, 3.63) is 0 Å². The minimum absolute atomic E-state index is 0.139. The Kier molecular flexibility index (Phi) is 14.0. The minimum atomic E-state index is -0.139. The maximum atomic E-state index is 6.14. The number of amidine groups is 1. The molecule has 4 heteroatoms. The third-order valence-corrected chi connectivity index (χ3v) is 0. The molecule has 38 valence electrons. The van der Waals surface area contributed by atoms with Crippen LogP contribution in [-0.4, -0.2) is 11.6 Å². The van der Waals surface area contributed by atoms with Crippen molar-refractivity contribution >= 4 is 29.4 Å². The lowest BCUT2D eigenvalue weighted by Crippen LogP contribution is -1.96. The van der Waals surface area contributed by atoms with Crippen LogP contribution in [0.5, 0.6) is 0 Å². The quantitative estimate of drug-likeness (QED) is 0.190. The van der Waals surface area contributed by atoms with Crippen molar-refractivity contribution in [1.29, 1.82) is 5.41 Å². The SMILES string of the molecule is CCl.N=C(N)S. The number of thiol groups is 1. The Morgan fingerprint density at radius 1 is 1.83 bits per heavy atom. The first-order chi connectivity index (χ1) is 2.73. The predicted octanol–water partition coefficient (Wildman–Crippen LogP) is 0.665. The summed E-state index contributed by atoms with van der Waals surface area (Å²) in [4.78, 5) is 0. The second kappa shape index (κ2) is 8.92. The zero-order valence-corrected chi connectivity index (χ0v) is 5.05. The molecule has 0 saturated heterocycles. The number of hydrogen-bond acceptors (Lipinski definition) is 1. The van der Waals surface area contributed by atoms with E-state index in [1.165, 1.54) is 6.38 Å². The molecule has 0 spiro atoms. The van der Waals surface area contributed by atoms with Crippen molar-refractivity contribution in [1.82, 2.24) is 0 Å². The number of nitrogens with two attached hydrogens (primary N) is 1. The van der Waals surface area contributed by atoms with Crippen molar-refractivity contribution in [3.8, 4) is 0 Å². The van der Waals surface area contributed by atoms with Crippen LogP contribution < -0.4 is 5.73 Å². The van der Waals surface area contributed by atoms with Gasteiger partial charge in [0.05, 0.1) is 0 Å². The van der Waals surface area contributed by atoms with E-state index < -0.39 is 0 Å². The molecule has 2 nitrogen and oxygen atoms in total. The summed E-state index contributed by atoms with van der Waals surface area (Å²) in [6.07, 6.45) is 1.47. The molecule has 3 N–H and O–H groups in total. The summed E-state index contributed by atoms with van der Waals surface area (Å²) in [6, 6.07) is 0. The highest BCUT2D eigenvalue weighted by Crippen LogP contribution is 1.56. The van der Waals surface area contributed by atoms with Gasteiger partial charge in [-0.15, -0.1) is 24.2 Å². The Hall–Kier alpha value is 0.110. The smallest absolute Gasteiger partial charge is 0.147 e. The van der Waals surface area contributed by atoms with E-state index in [9.17, 15) is 0 Å². The van der Waals surface area contributed by atoms with Gasteiger partial charge in [0.1, 0.15) is 5.17 Å². The zero-order valence-electron chi connectivity index (χ0n) is 3.40. The van der Waals surface area contributed by atoms with E-state index in [1.54, 1.807) is 0 Å². The highest BCUT2D eigenvalue weighted by molar-refractivity contribution is 7.96. The molecule has 0 aromatic heterocycles. The Morgan fingerprint density at radius 3 is 1.83 bits per heavy atom. The predicted molar refractivity (Wildman–Crippen MR) is 32.7 cm³/mol. The molecule has 0 aromatic carbocycles. The lowest BCUT2D eigenvalue weighted by Gasteiger charge is -1.65. The van der Waals surface area contributed by atoms with E-state index in [4.69, 9.17) is 5.41 Å². The van der Waals surface area contributed by atoms with Gasteiger partial charge in [-0.3, -0.25) is 5.41 Å². The molecule has 0 saturated carbocycles. The van der Waals surface area contributed by atoms with Crippen molar-refractivity contribution < 1.29 is 0 Å². The molecule has 0 unspecified atom stereocenters. The largest absolute Gasteiger partial charge is 0.379 e. The molecule has 0 heterocycles. The van der Waals surface area contributed by atoms with E-state index >= 15 is 0 Å². The molecule has 0 radical (unpaired) electrons. The third kappa shape index (κ3) is 3290. The van der Waals surface area contributed by atoms with Crippen LogP contribution in [0, 0.1) is 5.41 Å². The molecular weight excluding hydrogens is 120 g/mol. The topological polar surface area (TPSA) is 49.9 Å². The van der Waals surface area contributed by atoms with Gasteiger partial charge >= 0.3 is 0 Å². The number of alkyl halides is 1. The molecule has 0 aliphatic carbocycles. The van der Waals surface area contributed by atoms with Gasteiger partial charge in [-0.05, 0) is 0 Å². The molecule has 0 aliphatic heterocycles. The van der Waals surface area contributed by atoms with Gasteiger partial charge in [-0.2, -0.15) is 0 Å². The fourth-order valence-electron chi connectivity index (χ4n) is 0. The van der Waals surface area contributed by atoms with Gasteiger partial charge < -0.3 is 5.73 Å². The van der Waals surface area contributed by atoms with Gasteiger partial charge in [0.15, 0.2) is 0 Å². The van der Waals surface area contributed by atoms with Crippen LogP contribution in [0.4, 0.5) is 0 Å². The molecule has 6 heavy (non-hydrogen) atoms. The fourth-order valence-corrected chi connectivity index (χ4v) is 0. The average Bonchev–Trinajstić information content (AvgIpc) is 1.41. The second-order valence-corrected chi connectivity index (χ2v) is 0.867. The number of nitrogens with one attached hydrogen (secondary N) is 1. The van der Waals surface area contributed by atoms with Crippen LogP contribution in [-0.2, 0) is 0 Å². The summed E-state index contributed by atoms with van der Waals surface area (Å²) in [7, 11) is 0. The molecule has 0 atom stereocenters. The van der Waals surface area contributed by atoms with Crippen molar-refractivity contribution in [2.24, 2.45) is 5.73 Å². The van der Waals surface area contributed by atoms with Crippen LogP contribution >= 0.6 is 24.2 Å². The molecule has 0 bridgehead atoms. The first kappa shape index (κ1) is 9.44. The van der Waals surface area contributed by atoms with Crippen LogP contribution in [0.2, 0.25) is 0 Å². The van der Waals surface area contributed by atoms with Gasteiger partial charge in [0.25, 0.3) is 0 Å². The van der Waals surface area contributed by atoms with Crippen molar-refractivity contribution in [2.45, 2.75) is 0 Å². The zero-order chi connectivity index (χ0) is 5.58. The molecular formula is C2H7ClN2S. The molecule has 0 aromatic rings. The number of halogens is 1. The van der Waals surface area contributed by atoms with Gasteiger partial charge in [0.2, 0.25) is 0 Å². The normalized spacial score (nSPS) is 5.17. The van der Waals surface area contributed by atoms with Gasteiger partial charge in [0, 0.05) is 6.38 Å². The first-order valence-corrected chi connectivity index (χ1v) is 2.34. The number of hydrogen-bond donors (Lipinski definition) is 3. The van der Waals surface area contributed by atoms with E-state index in [-0.39, 0.29) is 5.17 Å². The summed E-state index contributed by atoms with van der Waals surface area (Å²) in [6.45, 7) is 0. The lowest BCUT2D eigenvalue weighted by atomic mass is 11.4. The van der Waals surface area contributed by atoms with Crippen LogP contribution in [0.25, 0.3) is 0 Å². The monoisotopic (exact) mass is 126 g/mol. The highest BCUT2D eigenvalue weighted by atomic mass is 35.5. The van der Waals surface area contributed by atoms with Crippen LogP contribution in [0.15, 0.2) is 0 Å².